The fourth-order valence-electron chi connectivity index (χ4n) is 2.15. The van der Waals surface area contributed by atoms with Crippen LogP contribution >= 0.6 is 0 Å². The molecule has 15 heavy (non-hydrogen) atoms. The van der Waals surface area contributed by atoms with E-state index in [0.29, 0.717) is 6.04 Å². The van der Waals surface area contributed by atoms with E-state index in [4.69, 9.17) is 4.99 Å². The van der Waals surface area contributed by atoms with Gasteiger partial charge in [0.2, 0.25) is 0 Å². The van der Waals surface area contributed by atoms with E-state index in [1.54, 1.807) is 0 Å². The van der Waals surface area contributed by atoms with Crippen molar-refractivity contribution in [2.75, 3.05) is 0 Å². The van der Waals surface area contributed by atoms with Gasteiger partial charge in [-0.25, -0.2) is 0 Å². The second-order valence-electron chi connectivity index (χ2n) is 4.65. The molecule has 0 aromatic rings. The molecule has 1 heteroatoms. The molecule has 0 aliphatic heterocycles. The zero-order valence-corrected chi connectivity index (χ0v) is 10.6. The van der Waals surface area contributed by atoms with Crippen molar-refractivity contribution in [3.05, 3.63) is 11.6 Å². The van der Waals surface area contributed by atoms with Crippen LogP contribution in [-0.4, -0.2) is 11.8 Å². The van der Waals surface area contributed by atoms with Crippen molar-refractivity contribution in [1.29, 1.82) is 0 Å². The van der Waals surface area contributed by atoms with Crippen LogP contribution in [0.5, 0.6) is 0 Å². The largest absolute Gasteiger partial charge is 0.290 e. The van der Waals surface area contributed by atoms with Gasteiger partial charge in [-0.2, -0.15) is 0 Å². The highest BCUT2D eigenvalue weighted by atomic mass is 14.8. The third-order valence-electron chi connectivity index (χ3n) is 3.32. The summed E-state index contributed by atoms with van der Waals surface area (Å²) in [7, 11) is 0. The monoisotopic (exact) mass is 207 g/mol. The van der Waals surface area contributed by atoms with Gasteiger partial charge in [0.1, 0.15) is 0 Å². The maximum absolute atomic E-state index is 4.92. The molecule has 0 atom stereocenters. The van der Waals surface area contributed by atoms with E-state index in [1.165, 1.54) is 43.4 Å². The van der Waals surface area contributed by atoms with E-state index in [2.05, 4.69) is 26.8 Å². The summed E-state index contributed by atoms with van der Waals surface area (Å²) in [5.41, 5.74) is 2.85. The third kappa shape index (κ3) is 4.63. The van der Waals surface area contributed by atoms with Gasteiger partial charge in [-0.1, -0.05) is 37.8 Å². The molecule has 0 aromatic carbocycles. The molecule has 0 unspecified atom stereocenters. The summed E-state index contributed by atoms with van der Waals surface area (Å²) in [5, 5.41) is 0. The molecule has 0 aromatic heterocycles. The van der Waals surface area contributed by atoms with Crippen LogP contribution in [0.2, 0.25) is 0 Å². The van der Waals surface area contributed by atoms with E-state index in [-0.39, 0.29) is 0 Å². The second kappa shape index (κ2) is 6.81. The Morgan fingerprint density at radius 1 is 1.27 bits per heavy atom. The Labute approximate surface area is 94.7 Å². The first-order chi connectivity index (χ1) is 7.26. The Kier molecular flexibility index (Phi) is 5.67. The maximum Gasteiger partial charge on any atom is 0.0499 e. The van der Waals surface area contributed by atoms with Crippen molar-refractivity contribution in [2.24, 2.45) is 4.99 Å². The lowest BCUT2D eigenvalue weighted by Gasteiger charge is -2.19. The van der Waals surface area contributed by atoms with E-state index >= 15 is 0 Å². The van der Waals surface area contributed by atoms with Gasteiger partial charge >= 0.3 is 0 Å². The zero-order chi connectivity index (χ0) is 11.1. The highest BCUT2D eigenvalue weighted by molar-refractivity contribution is 5.86. The predicted octanol–water partition coefficient (Wildman–Crippen LogP) is 4.53. The van der Waals surface area contributed by atoms with Crippen LogP contribution in [0.4, 0.5) is 0 Å². The molecule has 1 fully saturated rings. The van der Waals surface area contributed by atoms with Gasteiger partial charge in [-0.3, -0.25) is 4.99 Å². The Hall–Kier alpha value is -0.590. The van der Waals surface area contributed by atoms with Crippen molar-refractivity contribution in [1.82, 2.24) is 0 Å². The SMILES string of the molecule is CC=C(C)CC(CC)=NC1CCCCC1. The fourth-order valence-corrected chi connectivity index (χ4v) is 2.15. The first-order valence-electron chi connectivity index (χ1n) is 6.43. The molecule has 0 saturated heterocycles. The highest BCUT2D eigenvalue weighted by Crippen LogP contribution is 2.21. The molecule has 1 saturated carbocycles. The molecule has 0 spiro atoms. The number of nitrogens with zero attached hydrogens (tertiary/aromatic N) is 1. The molecule has 0 amide bonds. The van der Waals surface area contributed by atoms with Crippen LogP contribution in [0, 0.1) is 0 Å². The normalized spacial score (nSPS) is 20.7. The fraction of sp³-hybridized carbons (Fsp3) is 0.786. The number of hydrogen-bond donors (Lipinski definition) is 0. The highest BCUT2D eigenvalue weighted by Gasteiger charge is 2.12. The molecule has 1 aliphatic rings. The second-order valence-corrected chi connectivity index (χ2v) is 4.65. The van der Waals surface area contributed by atoms with Crippen LogP contribution in [0.1, 0.15) is 65.7 Å². The molecule has 0 bridgehead atoms. The first kappa shape index (κ1) is 12.5. The molecule has 1 aliphatic carbocycles. The lowest BCUT2D eigenvalue weighted by Crippen LogP contribution is -2.12. The molecular weight excluding hydrogens is 182 g/mol. The van der Waals surface area contributed by atoms with Crippen molar-refractivity contribution in [3.8, 4) is 0 Å². The van der Waals surface area contributed by atoms with E-state index < -0.39 is 0 Å². The summed E-state index contributed by atoms with van der Waals surface area (Å²) in [6, 6.07) is 0.637. The Morgan fingerprint density at radius 2 is 1.93 bits per heavy atom. The Bertz CT molecular complexity index is 232. The lowest BCUT2D eigenvalue weighted by molar-refractivity contribution is 0.442. The minimum atomic E-state index is 0.637. The van der Waals surface area contributed by atoms with Crippen molar-refractivity contribution < 1.29 is 0 Å². The van der Waals surface area contributed by atoms with E-state index in [9.17, 15) is 0 Å². The summed E-state index contributed by atoms with van der Waals surface area (Å²) in [5.74, 6) is 0. The van der Waals surface area contributed by atoms with Crippen LogP contribution in [0.3, 0.4) is 0 Å². The summed E-state index contributed by atoms with van der Waals surface area (Å²) >= 11 is 0. The summed E-state index contributed by atoms with van der Waals surface area (Å²) in [6.45, 7) is 6.54. The van der Waals surface area contributed by atoms with Crippen molar-refractivity contribution in [3.63, 3.8) is 0 Å². The number of rotatable bonds is 4. The quantitative estimate of drug-likeness (QED) is 0.474. The molecule has 1 rings (SSSR count). The van der Waals surface area contributed by atoms with Crippen LogP contribution in [-0.2, 0) is 0 Å². The summed E-state index contributed by atoms with van der Waals surface area (Å²) in [6.07, 6.45) is 11.2. The van der Waals surface area contributed by atoms with E-state index in [1.807, 2.05) is 0 Å². The van der Waals surface area contributed by atoms with Crippen LogP contribution in [0.15, 0.2) is 16.6 Å². The molecule has 0 N–H and O–H groups in total. The number of allylic oxidation sites excluding steroid dienone is 2. The van der Waals surface area contributed by atoms with Gasteiger partial charge < -0.3 is 0 Å². The van der Waals surface area contributed by atoms with E-state index in [0.717, 1.165) is 12.8 Å². The predicted molar refractivity (Wildman–Crippen MR) is 68.6 cm³/mol. The van der Waals surface area contributed by atoms with Gasteiger partial charge in [0.05, 0.1) is 0 Å². The molecule has 0 heterocycles. The molecule has 0 radical (unpaired) electrons. The molecule has 86 valence electrons. The first-order valence-corrected chi connectivity index (χ1v) is 6.43. The minimum Gasteiger partial charge on any atom is -0.290 e. The number of aliphatic imine (C=N–C) groups is 1. The molecule has 1 nitrogen and oxygen atoms in total. The third-order valence-corrected chi connectivity index (χ3v) is 3.32. The smallest absolute Gasteiger partial charge is 0.0499 e. The Balaban J connectivity index is 2.51. The van der Waals surface area contributed by atoms with Crippen LogP contribution in [0.25, 0.3) is 0 Å². The maximum atomic E-state index is 4.92. The standard InChI is InChI=1S/C14H25N/c1-4-12(3)11-13(5-2)15-14-9-7-6-8-10-14/h4,14H,5-11H2,1-3H3. The van der Waals surface area contributed by atoms with Gasteiger partial charge in [0.15, 0.2) is 0 Å². The topological polar surface area (TPSA) is 12.4 Å². The van der Waals surface area contributed by atoms with Gasteiger partial charge in [0, 0.05) is 18.2 Å². The van der Waals surface area contributed by atoms with Gasteiger partial charge in [-0.15, -0.1) is 0 Å². The lowest BCUT2D eigenvalue weighted by atomic mass is 9.95. The number of hydrogen-bond acceptors (Lipinski definition) is 1. The van der Waals surface area contributed by atoms with Crippen molar-refractivity contribution >= 4 is 5.71 Å². The molecular formula is C14H25N. The Morgan fingerprint density at radius 3 is 2.47 bits per heavy atom. The summed E-state index contributed by atoms with van der Waals surface area (Å²) < 4.78 is 0. The van der Waals surface area contributed by atoms with Crippen LogP contribution < -0.4 is 0 Å². The van der Waals surface area contributed by atoms with Gasteiger partial charge in [-0.05, 0) is 33.1 Å². The average molecular weight is 207 g/mol. The minimum absolute atomic E-state index is 0.637. The summed E-state index contributed by atoms with van der Waals surface area (Å²) in [4.78, 5) is 4.92. The average Bonchev–Trinajstić information content (AvgIpc) is 2.29. The van der Waals surface area contributed by atoms with Gasteiger partial charge in [0.25, 0.3) is 0 Å². The van der Waals surface area contributed by atoms with Crippen molar-refractivity contribution in [2.45, 2.75) is 71.8 Å². The zero-order valence-electron chi connectivity index (χ0n) is 10.6.